The topological polar surface area (TPSA) is 21.3 Å². The summed E-state index contributed by atoms with van der Waals surface area (Å²) in [7, 11) is 0. The molecule has 1 N–H and O–H groups in total. The average molecular weight is 259 g/mol. The van der Waals surface area contributed by atoms with E-state index in [9.17, 15) is 0 Å². The van der Waals surface area contributed by atoms with Crippen LogP contribution >= 0.6 is 0 Å². The first-order chi connectivity index (χ1) is 9.15. The van der Waals surface area contributed by atoms with Crippen molar-refractivity contribution in [3.8, 4) is 0 Å². The monoisotopic (exact) mass is 259 g/mol. The van der Waals surface area contributed by atoms with Crippen LogP contribution in [0, 0.1) is 19.3 Å². The Morgan fingerprint density at radius 2 is 2.05 bits per heavy atom. The standard InChI is InChI=1S/C17H25NO/c1-4-19-16-11-15(17(16)8-5-9-17)18-14-7-6-12(2)13(3)10-14/h6-7,10,15-16,18H,4-5,8-9,11H2,1-3H3. The van der Waals surface area contributed by atoms with Gasteiger partial charge in [-0.1, -0.05) is 12.5 Å². The molecule has 3 rings (SSSR count). The molecule has 104 valence electrons. The Kier molecular flexibility index (Phi) is 3.30. The Labute approximate surface area is 116 Å². The molecule has 19 heavy (non-hydrogen) atoms. The molecule has 2 nitrogen and oxygen atoms in total. The third-order valence-corrected chi connectivity index (χ3v) is 5.29. The maximum Gasteiger partial charge on any atom is 0.0670 e. The molecule has 0 heterocycles. The normalized spacial score (nSPS) is 27.7. The number of benzene rings is 1. The summed E-state index contributed by atoms with van der Waals surface area (Å²) in [4.78, 5) is 0. The molecule has 2 unspecified atom stereocenters. The van der Waals surface area contributed by atoms with Gasteiger partial charge in [0.15, 0.2) is 0 Å². The molecule has 2 fully saturated rings. The summed E-state index contributed by atoms with van der Waals surface area (Å²) < 4.78 is 5.91. The van der Waals surface area contributed by atoms with Gasteiger partial charge in [0.2, 0.25) is 0 Å². The summed E-state index contributed by atoms with van der Waals surface area (Å²) in [5.74, 6) is 0. The number of aryl methyl sites for hydroxylation is 2. The lowest BCUT2D eigenvalue weighted by molar-refractivity contribution is -0.157. The summed E-state index contributed by atoms with van der Waals surface area (Å²) in [5.41, 5.74) is 4.45. The van der Waals surface area contributed by atoms with Crippen molar-refractivity contribution in [2.24, 2.45) is 5.41 Å². The predicted molar refractivity (Wildman–Crippen MR) is 79.6 cm³/mol. The highest BCUT2D eigenvalue weighted by atomic mass is 16.5. The van der Waals surface area contributed by atoms with Gasteiger partial charge in [0.05, 0.1) is 6.10 Å². The maximum absolute atomic E-state index is 5.91. The van der Waals surface area contributed by atoms with Crippen LogP contribution in [-0.4, -0.2) is 18.8 Å². The molecular formula is C17H25NO. The van der Waals surface area contributed by atoms with E-state index in [0.29, 0.717) is 17.6 Å². The Balaban J connectivity index is 1.69. The summed E-state index contributed by atoms with van der Waals surface area (Å²) >= 11 is 0. The second kappa shape index (κ2) is 4.82. The molecular weight excluding hydrogens is 234 g/mol. The molecule has 1 aromatic carbocycles. The first-order valence-electron chi connectivity index (χ1n) is 7.61. The molecule has 0 saturated heterocycles. The van der Waals surface area contributed by atoms with Crippen molar-refractivity contribution in [3.05, 3.63) is 29.3 Å². The second-order valence-corrected chi connectivity index (χ2v) is 6.26. The van der Waals surface area contributed by atoms with Crippen molar-refractivity contribution < 1.29 is 4.74 Å². The predicted octanol–water partition coefficient (Wildman–Crippen LogP) is 4.06. The van der Waals surface area contributed by atoms with Gasteiger partial charge in [0.1, 0.15) is 0 Å². The van der Waals surface area contributed by atoms with Crippen molar-refractivity contribution in [1.82, 2.24) is 0 Å². The molecule has 0 radical (unpaired) electrons. The minimum atomic E-state index is 0.439. The zero-order valence-corrected chi connectivity index (χ0v) is 12.3. The molecule has 2 aliphatic carbocycles. The van der Waals surface area contributed by atoms with E-state index in [1.807, 2.05) is 0 Å². The smallest absolute Gasteiger partial charge is 0.0670 e. The number of rotatable bonds is 4. The van der Waals surface area contributed by atoms with Gasteiger partial charge in [-0.3, -0.25) is 0 Å². The molecule has 0 aromatic heterocycles. The van der Waals surface area contributed by atoms with E-state index in [-0.39, 0.29) is 0 Å². The van der Waals surface area contributed by atoms with Gasteiger partial charge in [0, 0.05) is 23.8 Å². The molecule has 2 saturated carbocycles. The van der Waals surface area contributed by atoms with Crippen molar-refractivity contribution in [2.45, 2.75) is 58.6 Å². The van der Waals surface area contributed by atoms with Gasteiger partial charge in [-0.15, -0.1) is 0 Å². The van der Waals surface area contributed by atoms with Crippen LogP contribution in [0.1, 0.15) is 43.7 Å². The molecule has 0 amide bonds. The molecule has 2 aliphatic rings. The van der Waals surface area contributed by atoms with Crippen molar-refractivity contribution >= 4 is 5.69 Å². The average Bonchev–Trinajstić information content (AvgIpc) is 2.30. The van der Waals surface area contributed by atoms with Crippen LogP contribution in [0.15, 0.2) is 18.2 Å². The third kappa shape index (κ3) is 2.06. The fourth-order valence-electron chi connectivity index (χ4n) is 3.67. The van der Waals surface area contributed by atoms with Crippen molar-refractivity contribution in [3.63, 3.8) is 0 Å². The highest BCUT2D eigenvalue weighted by Crippen LogP contribution is 2.58. The maximum atomic E-state index is 5.91. The van der Waals surface area contributed by atoms with Crippen LogP contribution in [0.2, 0.25) is 0 Å². The van der Waals surface area contributed by atoms with Gasteiger partial charge < -0.3 is 10.1 Å². The number of anilines is 1. The third-order valence-electron chi connectivity index (χ3n) is 5.29. The Morgan fingerprint density at radius 1 is 1.26 bits per heavy atom. The lowest BCUT2D eigenvalue weighted by Gasteiger charge is -2.61. The quantitative estimate of drug-likeness (QED) is 0.880. The van der Waals surface area contributed by atoms with E-state index >= 15 is 0 Å². The summed E-state index contributed by atoms with van der Waals surface area (Å²) in [6, 6.07) is 7.31. The van der Waals surface area contributed by atoms with Crippen LogP contribution in [0.4, 0.5) is 5.69 Å². The van der Waals surface area contributed by atoms with E-state index < -0.39 is 0 Å². The Bertz CT molecular complexity index is 464. The molecule has 1 spiro atoms. The zero-order chi connectivity index (χ0) is 13.5. The van der Waals surface area contributed by atoms with E-state index in [0.717, 1.165) is 6.61 Å². The van der Waals surface area contributed by atoms with Crippen molar-refractivity contribution in [1.29, 1.82) is 0 Å². The van der Waals surface area contributed by atoms with Gasteiger partial charge >= 0.3 is 0 Å². The minimum absolute atomic E-state index is 0.439. The minimum Gasteiger partial charge on any atom is -0.382 e. The fourth-order valence-corrected chi connectivity index (χ4v) is 3.67. The van der Waals surface area contributed by atoms with Crippen LogP contribution in [0.3, 0.4) is 0 Å². The van der Waals surface area contributed by atoms with Crippen LogP contribution in [-0.2, 0) is 4.74 Å². The van der Waals surface area contributed by atoms with Crippen molar-refractivity contribution in [2.75, 3.05) is 11.9 Å². The van der Waals surface area contributed by atoms with Crippen LogP contribution < -0.4 is 5.32 Å². The van der Waals surface area contributed by atoms with E-state index in [4.69, 9.17) is 4.74 Å². The lowest BCUT2D eigenvalue weighted by atomic mass is 9.51. The SMILES string of the molecule is CCOC1CC(Nc2ccc(C)c(C)c2)C12CCC2. The molecule has 1 aromatic rings. The van der Waals surface area contributed by atoms with E-state index in [1.54, 1.807) is 0 Å². The van der Waals surface area contributed by atoms with E-state index in [1.165, 1.54) is 42.5 Å². The van der Waals surface area contributed by atoms with Gasteiger partial charge in [0.25, 0.3) is 0 Å². The van der Waals surface area contributed by atoms with Gasteiger partial charge in [-0.2, -0.15) is 0 Å². The highest BCUT2D eigenvalue weighted by Gasteiger charge is 2.58. The number of ether oxygens (including phenoxy) is 1. The summed E-state index contributed by atoms with van der Waals surface area (Å²) in [6.45, 7) is 7.31. The van der Waals surface area contributed by atoms with Crippen LogP contribution in [0.5, 0.6) is 0 Å². The molecule has 2 atom stereocenters. The molecule has 0 aliphatic heterocycles. The Hall–Kier alpha value is -1.02. The van der Waals surface area contributed by atoms with E-state index in [2.05, 4.69) is 44.3 Å². The number of nitrogens with one attached hydrogen (secondary N) is 1. The van der Waals surface area contributed by atoms with Gasteiger partial charge in [-0.25, -0.2) is 0 Å². The second-order valence-electron chi connectivity index (χ2n) is 6.26. The fraction of sp³-hybridized carbons (Fsp3) is 0.647. The lowest BCUT2D eigenvalue weighted by Crippen LogP contribution is -2.64. The first-order valence-corrected chi connectivity index (χ1v) is 7.61. The molecule has 2 heteroatoms. The zero-order valence-electron chi connectivity index (χ0n) is 12.3. The van der Waals surface area contributed by atoms with Gasteiger partial charge in [-0.05, 0) is 63.3 Å². The largest absolute Gasteiger partial charge is 0.382 e. The Morgan fingerprint density at radius 3 is 2.63 bits per heavy atom. The highest BCUT2D eigenvalue weighted by molar-refractivity contribution is 5.50. The van der Waals surface area contributed by atoms with Crippen LogP contribution in [0.25, 0.3) is 0 Å². The first kappa shape index (κ1) is 13.0. The summed E-state index contributed by atoms with van der Waals surface area (Å²) in [5, 5.41) is 3.75. The molecule has 0 bridgehead atoms. The summed E-state index contributed by atoms with van der Waals surface area (Å²) in [6.07, 6.45) is 5.70. The number of hydrogen-bond acceptors (Lipinski definition) is 2. The number of hydrogen-bond donors (Lipinski definition) is 1.